The van der Waals surface area contributed by atoms with Gasteiger partial charge in [-0.1, -0.05) is 44.2 Å². The number of hydrogen-bond donors (Lipinski definition) is 3. The smallest absolute Gasteiger partial charge is 0.342 e. The minimum atomic E-state index is -4.50. The van der Waals surface area contributed by atoms with Crippen LogP contribution in [0, 0.1) is 5.92 Å². The van der Waals surface area contributed by atoms with E-state index in [-0.39, 0.29) is 24.6 Å². The molecule has 1 aromatic carbocycles. The highest BCUT2D eigenvalue weighted by Crippen LogP contribution is 2.33. The normalized spacial score (nSPS) is 14.7. The Hall–Kier alpha value is -1.60. The van der Waals surface area contributed by atoms with E-state index in [2.05, 4.69) is 10.6 Å². The lowest BCUT2D eigenvalue weighted by Gasteiger charge is -2.28. The molecule has 124 valence electrons. The van der Waals surface area contributed by atoms with Crippen LogP contribution in [0.4, 0.5) is 13.2 Å². The van der Waals surface area contributed by atoms with Crippen LogP contribution in [0.1, 0.15) is 31.9 Å². The van der Waals surface area contributed by atoms with Crippen molar-refractivity contribution in [2.24, 2.45) is 11.7 Å². The lowest BCUT2D eigenvalue weighted by molar-refractivity contribution is -0.161. The standard InChI is InChI=1S/C15H22F3N3O/c1-10(2)8-12(14(22)20-9-19)21-13(15(16,17)18)11-6-4-3-5-7-11/h3-7,10,12-13,21H,8-9,19H2,1-2H3,(H,20,22)/t12-,13?/m0/s1. The van der Waals surface area contributed by atoms with Gasteiger partial charge in [0.25, 0.3) is 0 Å². The molecular weight excluding hydrogens is 295 g/mol. The summed E-state index contributed by atoms with van der Waals surface area (Å²) in [5, 5.41) is 4.80. The molecule has 0 saturated carbocycles. The van der Waals surface area contributed by atoms with E-state index in [0.717, 1.165) is 0 Å². The van der Waals surface area contributed by atoms with Crippen molar-refractivity contribution in [3.63, 3.8) is 0 Å². The number of alkyl halides is 3. The van der Waals surface area contributed by atoms with Crippen LogP contribution in [-0.2, 0) is 4.79 Å². The first-order chi connectivity index (χ1) is 10.3. The molecule has 0 aliphatic carbocycles. The van der Waals surface area contributed by atoms with Gasteiger partial charge in [0.15, 0.2) is 0 Å². The molecular formula is C15H22F3N3O. The number of rotatable bonds is 7. The zero-order valence-electron chi connectivity index (χ0n) is 12.7. The van der Waals surface area contributed by atoms with Crippen LogP contribution in [0.15, 0.2) is 30.3 Å². The van der Waals surface area contributed by atoms with Crippen molar-refractivity contribution in [1.82, 2.24) is 10.6 Å². The fraction of sp³-hybridized carbons (Fsp3) is 0.533. The molecule has 1 unspecified atom stereocenters. The number of nitrogens with one attached hydrogen (secondary N) is 2. The van der Waals surface area contributed by atoms with Crippen molar-refractivity contribution in [1.29, 1.82) is 0 Å². The molecule has 1 aromatic rings. The summed E-state index contributed by atoms with van der Waals surface area (Å²) in [6.07, 6.45) is -4.22. The van der Waals surface area contributed by atoms with E-state index in [1.54, 1.807) is 6.07 Å². The molecule has 7 heteroatoms. The quantitative estimate of drug-likeness (QED) is 0.676. The number of benzene rings is 1. The molecule has 0 saturated heterocycles. The number of amides is 1. The molecule has 1 rings (SSSR count). The number of carbonyl (C=O) groups is 1. The zero-order valence-corrected chi connectivity index (χ0v) is 12.7. The van der Waals surface area contributed by atoms with Crippen molar-refractivity contribution in [3.8, 4) is 0 Å². The van der Waals surface area contributed by atoms with E-state index in [9.17, 15) is 18.0 Å². The molecule has 0 aliphatic rings. The van der Waals surface area contributed by atoms with E-state index in [0.29, 0.717) is 0 Å². The largest absolute Gasteiger partial charge is 0.407 e. The summed E-state index contributed by atoms with van der Waals surface area (Å²) in [6.45, 7) is 3.57. The molecule has 0 heterocycles. The van der Waals surface area contributed by atoms with Crippen LogP contribution < -0.4 is 16.4 Å². The summed E-state index contributed by atoms with van der Waals surface area (Å²) in [5.41, 5.74) is 5.32. The van der Waals surface area contributed by atoms with Crippen LogP contribution in [0.2, 0.25) is 0 Å². The Balaban J connectivity index is 3.00. The molecule has 0 radical (unpaired) electrons. The van der Waals surface area contributed by atoms with E-state index in [1.807, 2.05) is 13.8 Å². The summed E-state index contributed by atoms with van der Waals surface area (Å²) in [4.78, 5) is 12.0. The Bertz CT molecular complexity index is 463. The molecule has 0 bridgehead atoms. The molecule has 0 aliphatic heterocycles. The Kier molecular flexibility index (Phi) is 6.83. The first kappa shape index (κ1) is 18.4. The van der Waals surface area contributed by atoms with Gasteiger partial charge in [-0.2, -0.15) is 13.2 Å². The predicted octanol–water partition coefficient (Wildman–Crippen LogP) is 2.33. The second kappa shape index (κ2) is 8.14. The molecule has 1 amide bonds. The third kappa shape index (κ3) is 5.65. The lowest BCUT2D eigenvalue weighted by Crippen LogP contribution is -2.50. The second-order valence-corrected chi connectivity index (χ2v) is 5.48. The van der Waals surface area contributed by atoms with E-state index in [1.165, 1.54) is 24.3 Å². The maximum atomic E-state index is 13.3. The molecule has 4 nitrogen and oxygen atoms in total. The maximum absolute atomic E-state index is 13.3. The maximum Gasteiger partial charge on any atom is 0.407 e. The Labute approximate surface area is 128 Å². The van der Waals surface area contributed by atoms with Gasteiger partial charge < -0.3 is 11.1 Å². The van der Waals surface area contributed by atoms with Gasteiger partial charge in [-0.05, 0) is 17.9 Å². The highest BCUT2D eigenvalue weighted by Gasteiger charge is 2.42. The molecule has 0 aromatic heterocycles. The number of nitrogens with two attached hydrogens (primary N) is 1. The fourth-order valence-electron chi connectivity index (χ4n) is 2.17. The lowest BCUT2D eigenvalue weighted by atomic mass is 9.99. The molecule has 4 N–H and O–H groups in total. The van der Waals surface area contributed by atoms with Gasteiger partial charge in [-0.15, -0.1) is 0 Å². The first-order valence-electron chi connectivity index (χ1n) is 7.11. The average Bonchev–Trinajstić information content (AvgIpc) is 2.42. The third-order valence-electron chi connectivity index (χ3n) is 3.13. The zero-order chi connectivity index (χ0) is 16.8. The highest BCUT2D eigenvalue weighted by atomic mass is 19.4. The number of hydrogen-bond acceptors (Lipinski definition) is 3. The van der Waals surface area contributed by atoms with Crippen LogP contribution in [0.5, 0.6) is 0 Å². The van der Waals surface area contributed by atoms with Gasteiger partial charge in [0.1, 0.15) is 6.04 Å². The Morgan fingerprint density at radius 2 is 1.82 bits per heavy atom. The van der Waals surface area contributed by atoms with Gasteiger partial charge in [0.2, 0.25) is 5.91 Å². The predicted molar refractivity (Wildman–Crippen MR) is 78.8 cm³/mol. The van der Waals surface area contributed by atoms with Crippen LogP contribution >= 0.6 is 0 Å². The van der Waals surface area contributed by atoms with Gasteiger partial charge in [0.05, 0.1) is 12.7 Å². The van der Waals surface area contributed by atoms with E-state index < -0.39 is 24.2 Å². The summed E-state index contributed by atoms with van der Waals surface area (Å²) in [7, 11) is 0. The van der Waals surface area contributed by atoms with Gasteiger partial charge in [-0.3, -0.25) is 10.1 Å². The van der Waals surface area contributed by atoms with Crippen molar-refractivity contribution in [2.75, 3.05) is 6.67 Å². The Morgan fingerprint density at radius 3 is 2.27 bits per heavy atom. The van der Waals surface area contributed by atoms with Crippen LogP contribution in [0.25, 0.3) is 0 Å². The topological polar surface area (TPSA) is 67.2 Å². The third-order valence-corrected chi connectivity index (χ3v) is 3.13. The van der Waals surface area contributed by atoms with Gasteiger partial charge in [-0.25, -0.2) is 0 Å². The van der Waals surface area contributed by atoms with Crippen molar-refractivity contribution in [3.05, 3.63) is 35.9 Å². The summed E-state index contributed by atoms with van der Waals surface area (Å²) >= 11 is 0. The van der Waals surface area contributed by atoms with Gasteiger partial charge >= 0.3 is 6.18 Å². The number of halogens is 3. The van der Waals surface area contributed by atoms with E-state index in [4.69, 9.17) is 5.73 Å². The van der Waals surface area contributed by atoms with E-state index >= 15 is 0 Å². The monoisotopic (exact) mass is 317 g/mol. The van der Waals surface area contributed by atoms with Crippen molar-refractivity contribution >= 4 is 5.91 Å². The molecule has 22 heavy (non-hydrogen) atoms. The van der Waals surface area contributed by atoms with Crippen molar-refractivity contribution < 1.29 is 18.0 Å². The average molecular weight is 317 g/mol. The minimum absolute atomic E-state index is 0.0608. The first-order valence-corrected chi connectivity index (χ1v) is 7.11. The summed E-state index contributed by atoms with van der Waals surface area (Å²) in [5.74, 6) is -0.466. The molecule has 0 fully saturated rings. The summed E-state index contributed by atoms with van der Waals surface area (Å²) in [6, 6.07) is 4.62. The van der Waals surface area contributed by atoms with Crippen molar-refractivity contribution in [2.45, 2.75) is 38.5 Å². The number of carbonyl (C=O) groups excluding carboxylic acids is 1. The summed E-state index contributed by atoms with van der Waals surface area (Å²) < 4.78 is 40.0. The molecule has 2 atom stereocenters. The van der Waals surface area contributed by atoms with Crippen LogP contribution in [-0.4, -0.2) is 24.8 Å². The highest BCUT2D eigenvalue weighted by molar-refractivity contribution is 5.81. The minimum Gasteiger partial charge on any atom is -0.342 e. The second-order valence-electron chi connectivity index (χ2n) is 5.48. The SMILES string of the molecule is CC(C)C[C@H](NC(c1ccccc1)C(F)(F)F)C(=O)NCN. The molecule has 0 spiro atoms. The van der Waals surface area contributed by atoms with Gasteiger partial charge in [0, 0.05) is 0 Å². The van der Waals surface area contributed by atoms with Crippen LogP contribution in [0.3, 0.4) is 0 Å². The Morgan fingerprint density at radius 1 is 1.23 bits per heavy atom. The fourth-order valence-corrected chi connectivity index (χ4v) is 2.17.